The number of nitrogens with zero attached hydrogens (tertiary/aromatic N) is 2. The van der Waals surface area contributed by atoms with Crippen molar-refractivity contribution in [3.8, 4) is 17.0 Å². The number of aromatic nitrogens is 2. The molecule has 0 saturated carbocycles. The summed E-state index contributed by atoms with van der Waals surface area (Å²) in [5.74, 6) is 0.669. The smallest absolute Gasteiger partial charge is 0.284 e. The Hall–Kier alpha value is -2.08. The number of aryl methyl sites for hydroxylation is 1. The van der Waals surface area contributed by atoms with Gasteiger partial charge < -0.3 is 10.1 Å². The van der Waals surface area contributed by atoms with Gasteiger partial charge in [0.1, 0.15) is 18.1 Å². The van der Waals surface area contributed by atoms with Crippen LogP contribution in [-0.2, 0) is 0 Å². The second-order valence-corrected chi connectivity index (χ2v) is 7.41. The van der Waals surface area contributed by atoms with Gasteiger partial charge in [0.25, 0.3) is 6.43 Å². The fourth-order valence-electron chi connectivity index (χ4n) is 3.44. The largest absolute Gasteiger partial charge is 0.490 e. The van der Waals surface area contributed by atoms with Gasteiger partial charge in [-0.05, 0) is 56.5 Å². The summed E-state index contributed by atoms with van der Waals surface area (Å²) >= 11 is 0. The molecule has 1 fully saturated rings. The molecular formula is C20H25F2N3O. The molecule has 0 amide bonds. The number of ether oxygens (including phenoxy) is 1. The Balaban J connectivity index is 1.81. The Morgan fingerprint density at radius 1 is 1.27 bits per heavy atom. The fraction of sp³-hybridized carbons (Fsp3) is 0.500. The van der Waals surface area contributed by atoms with E-state index in [-0.39, 0.29) is 17.0 Å². The van der Waals surface area contributed by atoms with E-state index in [0.717, 1.165) is 30.6 Å². The van der Waals surface area contributed by atoms with Gasteiger partial charge in [-0.1, -0.05) is 13.8 Å². The van der Waals surface area contributed by atoms with Crippen molar-refractivity contribution in [3.05, 3.63) is 41.9 Å². The van der Waals surface area contributed by atoms with Gasteiger partial charge in [0.2, 0.25) is 0 Å². The van der Waals surface area contributed by atoms with Gasteiger partial charge >= 0.3 is 0 Å². The summed E-state index contributed by atoms with van der Waals surface area (Å²) in [5.41, 5.74) is 1.65. The van der Waals surface area contributed by atoms with Crippen molar-refractivity contribution in [1.29, 1.82) is 0 Å². The normalized spacial score (nSPS) is 19.7. The van der Waals surface area contributed by atoms with Crippen LogP contribution in [0.2, 0.25) is 0 Å². The Morgan fingerprint density at radius 3 is 2.62 bits per heavy atom. The van der Waals surface area contributed by atoms with E-state index in [1.807, 2.05) is 13.0 Å². The zero-order chi connectivity index (χ0) is 18.7. The van der Waals surface area contributed by atoms with E-state index in [4.69, 9.17) is 4.74 Å². The number of halogens is 2. The molecule has 4 nitrogen and oxygen atoms in total. The molecule has 1 atom stereocenters. The molecule has 0 radical (unpaired) electrons. The summed E-state index contributed by atoms with van der Waals surface area (Å²) < 4.78 is 32.9. The van der Waals surface area contributed by atoms with E-state index >= 15 is 0 Å². The van der Waals surface area contributed by atoms with Gasteiger partial charge in [-0.15, -0.1) is 0 Å². The lowest BCUT2D eigenvalue weighted by molar-refractivity contribution is 0.0863. The summed E-state index contributed by atoms with van der Waals surface area (Å²) in [6.45, 7) is 7.48. The summed E-state index contributed by atoms with van der Waals surface area (Å²) in [5, 5.41) is 3.41. The van der Waals surface area contributed by atoms with Crippen molar-refractivity contribution < 1.29 is 13.5 Å². The third-order valence-electron chi connectivity index (χ3n) is 4.69. The molecule has 6 heteroatoms. The topological polar surface area (TPSA) is 47.0 Å². The van der Waals surface area contributed by atoms with Crippen molar-refractivity contribution in [1.82, 2.24) is 15.3 Å². The predicted octanol–water partition coefficient (Wildman–Crippen LogP) is 4.55. The SMILES string of the molecule is Cc1cc(-c2ccc(OCC3(CC(C)C)CCN3)c(C(F)F)n2)ccn1. The van der Waals surface area contributed by atoms with Crippen molar-refractivity contribution in [3.63, 3.8) is 0 Å². The minimum absolute atomic E-state index is 0.117. The first-order valence-electron chi connectivity index (χ1n) is 8.98. The van der Waals surface area contributed by atoms with Crippen molar-refractivity contribution in [2.75, 3.05) is 13.2 Å². The highest BCUT2D eigenvalue weighted by Crippen LogP contribution is 2.33. The second-order valence-electron chi connectivity index (χ2n) is 7.41. The molecule has 1 aliphatic rings. The Morgan fingerprint density at radius 2 is 2.04 bits per heavy atom. The number of alkyl halides is 2. The van der Waals surface area contributed by atoms with Crippen LogP contribution < -0.4 is 10.1 Å². The third-order valence-corrected chi connectivity index (χ3v) is 4.69. The molecule has 1 N–H and O–H groups in total. The van der Waals surface area contributed by atoms with Crippen molar-refractivity contribution in [2.24, 2.45) is 5.92 Å². The summed E-state index contributed by atoms with van der Waals surface area (Å²) in [7, 11) is 0. The van der Waals surface area contributed by atoms with Gasteiger partial charge in [-0.3, -0.25) is 4.98 Å². The molecule has 3 heterocycles. The molecule has 1 unspecified atom stereocenters. The molecular weight excluding hydrogens is 336 g/mol. The maximum atomic E-state index is 13.6. The van der Waals surface area contributed by atoms with Crippen LogP contribution >= 0.6 is 0 Å². The lowest BCUT2D eigenvalue weighted by Crippen LogP contribution is -2.61. The predicted molar refractivity (Wildman–Crippen MR) is 97.5 cm³/mol. The highest BCUT2D eigenvalue weighted by atomic mass is 19.3. The van der Waals surface area contributed by atoms with E-state index in [1.165, 1.54) is 0 Å². The summed E-state index contributed by atoms with van der Waals surface area (Å²) in [6.07, 6.45) is 0.912. The fourth-order valence-corrected chi connectivity index (χ4v) is 3.44. The maximum Gasteiger partial charge on any atom is 0.284 e. The molecule has 3 rings (SSSR count). The standard InChI is InChI=1S/C20H25F2N3O/c1-13(2)11-20(7-9-24-20)12-26-17-5-4-16(25-18(17)19(21)22)15-6-8-23-14(3)10-15/h4-6,8,10,13,19,24H,7,9,11-12H2,1-3H3. The Labute approximate surface area is 153 Å². The quantitative estimate of drug-likeness (QED) is 0.786. The van der Waals surface area contributed by atoms with E-state index in [2.05, 4.69) is 29.1 Å². The highest BCUT2D eigenvalue weighted by Gasteiger charge is 2.38. The number of hydrogen-bond acceptors (Lipinski definition) is 4. The number of nitrogens with one attached hydrogen (secondary N) is 1. The second kappa shape index (κ2) is 7.66. The van der Waals surface area contributed by atoms with Crippen molar-refractivity contribution in [2.45, 2.75) is 45.6 Å². The molecule has 26 heavy (non-hydrogen) atoms. The molecule has 0 aliphatic carbocycles. The molecule has 0 bridgehead atoms. The molecule has 0 aromatic carbocycles. The van der Waals surface area contributed by atoms with Crippen LogP contribution in [0, 0.1) is 12.8 Å². The molecule has 2 aromatic rings. The lowest BCUT2D eigenvalue weighted by atomic mass is 9.81. The minimum atomic E-state index is -2.69. The lowest BCUT2D eigenvalue weighted by Gasteiger charge is -2.44. The number of pyridine rings is 2. The molecule has 2 aromatic heterocycles. The molecule has 1 aliphatic heterocycles. The zero-order valence-electron chi connectivity index (χ0n) is 15.4. The molecule has 1 saturated heterocycles. The number of rotatable bonds is 7. The highest BCUT2D eigenvalue weighted by molar-refractivity contribution is 5.60. The van der Waals surface area contributed by atoms with E-state index in [0.29, 0.717) is 18.2 Å². The first-order valence-corrected chi connectivity index (χ1v) is 8.98. The summed E-state index contributed by atoms with van der Waals surface area (Å²) in [6, 6.07) is 6.91. The third kappa shape index (κ3) is 4.18. The molecule has 0 spiro atoms. The maximum absolute atomic E-state index is 13.6. The summed E-state index contributed by atoms with van der Waals surface area (Å²) in [4.78, 5) is 8.29. The van der Waals surface area contributed by atoms with Crippen molar-refractivity contribution >= 4 is 0 Å². The van der Waals surface area contributed by atoms with Crippen LogP contribution in [0.5, 0.6) is 5.75 Å². The molecule has 140 valence electrons. The van der Waals surface area contributed by atoms with Crippen LogP contribution in [0.25, 0.3) is 11.3 Å². The van der Waals surface area contributed by atoms with Gasteiger partial charge in [0.05, 0.1) is 11.2 Å². The van der Waals surface area contributed by atoms with E-state index in [1.54, 1.807) is 24.4 Å². The Kier molecular flexibility index (Phi) is 5.51. The average Bonchev–Trinajstić information content (AvgIpc) is 2.56. The van der Waals surface area contributed by atoms with Gasteiger partial charge in [0.15, 0.2) is 0 Å². The van der Waals surface area contributed by atoms with Crippen LogP contribution in [0.3, 0.4) is 0 Å². The van der Waals surface area contributed by atoms with E-state index in [9.17, 15) is 8.78 Å². The van der Waals surface area contributed by atoms with Crippen LogP contribution in [-0.4, -0.2) is 28.7 Å². The first-order chi connectivity index (χ1) is 12.4. The first kappa shape index (κ1) is 18.7. The minimum Gasteiger partial charge on any atom is -0.490 e. The van der Waals surface area contributed by atoms with Gasteiger partial charge in [0, 0.05) is 17.5 Å². The number of hydrogen-bond donors (Lipinski definition) is 1. The van der Waals surface area contributed by atoms with Crippen LogP contribution in [0.1, 0.15) is 44.5 Å². The van der Waals surface area contributed by atoms with E-state index < -0.39 is 6.43 Å². The van der Waals surface area contributed by atoms with Gasteiger partial charge in [-0.2, -0.15) is 0 Å². The zero-order valence-corrected chi connectivity index (χ0v) is 15.4. The Bertz CT molecular complexity index is 760. The van der Waals surface area contributed by atoms with Crippen LogP contribution in [0.15, 0.2) is 30.5 Å². The van der Waals surface area contributed by atoms with Gasteiger partial charge in [-0.25, -0.2) is 13.8 Å². The monoisotopic (exact) mass is 361 g/mol. The average molecular weight is 361 g/mol. The van der Waals surface area contributed by atoms with Crippen LogP contribution in [0.4, 0.5) is 8.78 Å².